The number of alkyl halides is 1. The number of halogens is 6. The van der Waals surface area contributed by atoms with Gasteiger partial charge in [-0.3, -0.25) is 0 Å². The van der Waals surface area contributed by atoms with Crippen molar-refractivity contribution in [2.45, 2.75) is 56.9 Å². The molecule has 1 atom stereocenters. The first-order valence-corrected chi connectivity index (χ1v) is 14.6. The van der Waals surface area contributed by atoms with Crippen LogP contribution >= 0.6 is 78.9 Å². The van der Waals surface area contributed by atoms with E-state index in [9.17, 15) is 0 Å². The van der Waals surface area contributed by atoms with Crippen LogP contribution in [0.3, 0.4) is 0 Å². The normalized spacial score (nSPS) is 18.3. The molecule has 0 aliphatic heterocycles. The van der Waals surface area contributed by atoms with Crippen LogP contribution in [0.4, 0.5) is 0 Å². The van der Waals surface area contributed by atoms with E-state index >= 15 is 0 Å². The minimum absolute atomic E-state index is 0.587. The van der Waals surface area contributed by atoms with Crippen LogP contribution < -0.4 is 0 Å². The Labute approximate surface area is 140 Å². The fourth-order valence-corrected chi connectivity index (χ4v) is 9.95. The average Bonchev–Trinajstić information content (AvgIpc) is 2.23. The third-order valence-corrected chi connectivity index (χ3v) is 14.7. The third-order valence-electron chi connectivity index (χ3n) is 3.22. The van der Waals surface area contributed by atoms with Crippen molar-refractivity contribution in [2.75, 3.05) is 0 Å². The number of rotatable bonds is 6. The van der Waals surface area contributed by atoms with Gasteiger partial charge in [0.05, 0.1) is 0 Å². The Morgan fingerprint density at radius 1 is 1.00 bits per heavy atom. The van der Waals surface area contributed by atoms with Crippen molar-refractivity contribution in [3.05, 3.63) is 0 Å². The molecule has 0 N–H and O–H groups in total. The van der Waals surface area contributed by atoms with Crippen LogP contribution in [-0.2, 0) is 0 Å². The molecule has 0 aliphatic rings. The molecular weight excluding hydrogens is 397 g/mol. The summed E-state index contributed by atoms with van der Waals surface area (Å²) in [5.41, 5.74) is 0. The topological polar surface area (TPSA) is 12.4 Å². The first kappa shape index (κ1) is 20.4. The van der Waals surface area contributed by atoms with E-state index in [4.69, 9.17) is 67.8 Å². The summed E-state index contributed by atoms with van der Waals surface area (Å²) in [6.45, 7) is 7.54. The van der Waals surface area contributed by atoms with Crippen molar-refractivity contribution in [1.82, 2.24) is 0 Å². The zero-order chi connectivity index (χ0) is 14.8. The molecule has 1 unspecified atom stereocenters. The van der Waals surface area contributed by atoms with Crippen molar-refractivity contribution in [2.24, 2.45) is 4.74 Å². The molecule has 0 bridgehead atoms. The molecule has 9 heteroatoms. The van der Waals surface area contributed by atoms with Gasteiger partial charge in [0.25, 0.3) is 0 Å². The molecule has 0 heterocycles. The standard InChI is InChI=1S/C9H19Cl6NP2/c1-5-8(4,10)18(14,15)16-9(6-2,7-3)17(11,12)13/h17H,5-7H2,1-4H3. The maximum atomic E-state index is 6.40. The Bertz CT molecular complexity index is 328. The molecular formula is C9H19Cl6NP2. The second-order valence-corrected chi connectivity index (χ2v) is 19.8. The van der Waals surface area contributed by atoms with Crippen molar-refractivity contribution in [3.8, 4) is 0 Å². The van der Waals surface area contributed by atoms with Crippen molar-refractivity contribution in [3.63, 3.8) is 0 Å². The minimum atomic E-state index is -3.09. The molecule has 0 saturated heterocycles. The van der Waals surface area contributed by atoms with Gasteiger partial charge in [-0.25, -0.2) is 0 Å². The van der Waals surface area contributed by atoms with Gasteiger partial charge in [0.2, 0.25) is 0 Å². The summed E-state index contributed by atoms with van der Waals surface area (Å²) in [6.07, 6.45) is 1.78. The molecule has 0 saturated carbocycles. The van der Waals surface area contributed by atoms with Crippen molar-refractivity contribution >= 4 is 78.9 Å². The summed E-state index contributed by atoms with van der Waals surface area (Å²) in [5, 5.41) is -3.87. The SMILES string of the molecule is CCC(C)(Cl)P(Cl)(Cl)=NC(CC)(CC)[PH](Cl)(Cl)Cl. The summed E-state index contributed by atoms with van der Waals surface area (Å²) in [4.78, 5) is 0. The average molecular weight is 416 g/mol. The van der Waals surface area contributed by atoms with Crippen molar-refractivity contribution in [1.29, 1.82) is 0 Å². The van der Waals surface area contributed by atoms with Crippen LogP contribution in [0.5, 0.6) is 0 Å². The second-order valence-electron chi connectivity index (χ2n) is 4.32. The van der Waals surface area contributed by atoms with Gasteiger partial charge in [0.1, 0.15) is 0 Å². The van der Waals surface area contributed by atoms with E-state index in [1.165, 1.54) is 0 Å². The van der Waals surface area contributed by atoms with Crippen LogP contribution in [0.1, 0.15) is 47.0 Å². The molecule has 0 fully saturated rings. The van der Waals surface area contributed by atoms with E-state index in [0.29, 0.717) is 19.3 Å². The second kappa shape index (κ2) is 7.11. The molecule has 0 amide bonds. The molecule has 0 aromatic heterocycles. The summed E-state index contributed by atoms with van der Waals surface area (Å²) < 4.78 is 3.77. The first-order chi connectivity index (χ1) is 7.89. The van der Waals surface area contributed by atoms with Crippen LogP contribution in [0.25, 0.3) is 0 Å². The zero-order valence-corrected chi connectivity index (χ0v) is 17.2. The molecule has 0 aliphatic carbocycles. The van der Waals surface area contributed by atoms with E-state index in [0.717, 1.165) is 0 Å². The van der Waals surface area contributed by atoms with Gasteiger partial charge in [0, 0.05) is 0 Å². The molecule has 0 radical (unpaired) electrons. The van der Waals surface area contributed by atoms with Gasteiger partial charge in [0.15, 0.2) is 0 Å². The number of hydrogen-bond donors (Lipinski definition) is 0. The number of nitrogens with zero attached hydrogens (tertiary/aromatic N) is 1. The molecule has 0 aromatic rings. The Morgan fingerprint density at radius 2 is 1.39 bits per heavy atom. The quantitative estimate of drug-likeness (QED) is 0.304. The van der Waals surface area contributed by atoms with E-state index in [-0.39, 0.29) is 0 Å². The fraction of sp³-hybridized carbons (Fsp3) is 1.00. The van der Waals surface area contributed by atoms with Gasteiger partial charge >= 0.3 is 140 Å². The van der Waals surface area contributed by atoms with Crippen LogP contribution in [0.15, 0.2) is 4.74 Å². The van der Waals surface area contributed by atoms with Crippen LogP contribution in [-0.4, -0.2) is 9.90 Å². The van der Waals surface area contributed by atoms with Crippen LogP contribution in [0.2, 0.25) is 0 Å². The predicted octanol–water partition coefficient (Wildman–Crippen LogP) is 8.59. The Balaban J connectivity index is 5.87. The molecule has 0 aromatic carbocycles. The van der Waals surface area contributed by atoms with Gasteiger partial charge < -0.3 is 0 Å². The summed E-state index contributed by atoms with van der Waals surface area (Å²) in [6, 6.07) is 0. The van der Waals surface area contributed by atoms with Crippen molar-refractivity contribution < 1.29 is 0 Å². The Kier molecular flexibility index (Phi) is 8.05. The monoisotopic (exact) mass is 413 g/mol. The Hall–Kier alpha value is 2.40. The van der Waals surface area contributed by atoms with Gasteiger partial charge in [-0.1, -0.05) is 0 Å². The molecule has 112 valence electrons. The summed E-state index contributed by atoms with van der Waals surface area (Å²) in [5.74, 6) is -2.78. The molecule has 18 heavy (non-hydrogen) atoms. The zero-order valence-electron chi connectivity index (χ0n) is 10.8. The third kappa shape index (κ3) is 4.45. The van der Waals surface area contributed by atoms with Gasteiger partial charge in [-0.05, 0) is 0 Å². The fourth-order valence-electron chi connectivity index (χ4n) is 1.38. The first-order valence-electron chi connectivity index (χ1n) is 5.67. The molecule has 0 spiro atoms. The molecule has 0 rings (SSSR count). The molecule has 1 nitrogen and oxygen atoms in total. The maximum absolute atomic E-state index is 6.40. The van der Waals surface area contributed by atoms with E-state index in [1.807, 2.05) is 20.8 Å². The summed E-state index contributed by atoms with van der Waals surface area (Å²) in [7, 11) is 0. The summed E-state index contributed by atoms with van der Waals surface area (Å²) >= 11 is 37.7. The Morgan fingerprint density at radius 3 is 1.61 bits per heavy atom. The van der Waals surface area contributed by atoms with Gasteiger partial charge in [-0.2, -0.15) is 0 Å². The van der Waals surface area contributed by atoms with E-state index in [1.54, 1.807) is 6.92 Å². The van der Waals surface area contributed by atoms with Crippen LogP contribution in [0, 0.1) is 0 Å². The predicted molar refractivity (Wildman–Crippen MR) is 94.8 cm³/mol. The number of hydrogen-bond acceptors (Lipinski definition) is 1. The van der Waals surface area contributed by atoms with Gasteiger partial charge in [-0.15, -0.1) is 0 Å². The van der Waals surface area contributed by atoms with E-state index in [2.05, 4.69) is 4.74 Å². The van der Waals surface area contributed by atoms with E-state index < -0.39 is 21.0 Å².